The number of amides is 1. The van der Waals surface area contributed by atoms with Crippen LogP contribution in [0.25, 0.3) is 0 Å². The zero-order chi connectivity index (χ0) is 8.55. The van der Waals surface area contributed by atoms with E-state index in [1.165, 1.54) is 6.26 Å². The molecule has 0 aliphatic carbocycles. The fourth-order valence-electron chi connectivity index (χ4n) is 0.985. The van der Waals surface area contributed by atoms with Crippen LogP contribution >= 0.6 is 0 Å². The topological polar surface area (TPSA) is 77.8 Å². The average molecular weight is 166 g/mol. The molecule has 1 atom stereocenters. The summed E-state index contributed by atoms with van der Waals surface area (Å²) in [6, 6.07) is 3.19. The molecule has 1 aromatic rings. The van der Waals surface area contributed by atoms with Crippen molar-refractivity contribution in [2.45, 2.75) is 6.10 Å². The molecule has 5 heteroatoms. The first-order valence-electron chi connectivity index (χ1n) is 3.35. The van der Waals surface area contributed by atoms with Gasteiger partial charge in [-0.15, -0.1) is 0 Å². The smallest absolute Gasteiger partial charge is 0.299 e. The van der Waals surface area contributed by atoms with Crippen LogP contribution in [0.5, 0.6) is 0 Å². The third-order valence-corrected chi connectivity index (χ3v) is 1.48. The van der Waals surface area contributed by atoms with Gasteiger partial charge in [0.2, 0.25) is 6.10 Å². The van der Waals surface area contributed by atoms with Crippen LogP contribution in [0, 0.1) is 0 Å². The van der Waals surface area contributed by atoms with Crippen molar-refractivity contribution in [2.24, 2.45) is 10.7 Å². The molecular formula is C7H6N2O3. The lowest BCUT2D eigenvalue weighted by molar-refractivity contribution is -0.123. The number of amidine groups is 1. The molecule has 1 amide bonds. The summed E-state index contributed by atoms with van der Waals surface area (Å²) >= 11 is 0. The van der Waals surface area contributed by atoms with Crippen LogP contribution in [0.3, 0.4) is 0 Å². The summed E-state index contributed by atoms with van der Waals surface area (Å²) < 4.78 is 9.86. The quantitative estimate of drug-likeness (QED) is 0.646. The lowest BCUT2D eigenvalue weighted by Crippen LogP contribution is -2.13. The van der Waals surface area contributed by atoms with E-state index >= 15 is 0 Å². The molecule has 0 saturated heterocycles. The molecule has 0 fully saturated rings. The van der Waals surface area contributed by atoms with Crippen molar-refractivity contribution in [3.8, 4) is 0 Å². The van der Waals surface area contributed by atoms with Crippen LogP contribution in [0.2, 0.25) is 0 Å². The Morgan fingerprint density at radius 2 is 2.42 bits per heavy atom. The maximum atomic E-state index is 11.0. The Bertz CT molecular complexity index is 328. The highest BCUT2D eigenvalue weighted by Crippen LogP contribution is 2.22. The summed E-state index contributed by atoms with van der Waals surface area (Å²) in [6.07, 6.45) is 0.667. The van der Waals surface area contributed by atoms with Crippen LogP contribution in [-0.2, 0) is 9.53 Å². The normalized spacial score (nSPS) is 22.2. The van der Waals surface area contributed by atoms with E-state index in [-0.39, 0.29) is 6.02 Å². The van der Waals surface area contributed by atoms with E-state index in [0.717, 1.165) is 0 Å². The van der Waals surface area contributed by atoms with Crippen LogP contribution in [0.4, 0.5) is 0 Å². The Hall–Kier alpha value is -1.78. The first-order valence-corrected chi connectivity index (χ1v) is 3.35. The lowest BCUT2D eigenvalue weighted by Gasteiger charge is -2.02. The molecule has 62 valence electrons. The van der Waals surface area contributed by atoms with E-state index in [9.17, 15) is 4.79 Å². The van der Waals surface area contributed by atoms with Gasteiger partial charge in [-0.1, -0.05) is 0 Å². The Labute approximate surface area is 67.8 Å². The molecule has 1 aliphatic heterocycles. The SMILES string of the molecule is NC1=NC(=O)C(c2ccco2)O1. The standard InChI is InChI=1S/C7H6N2O3/c8-7-9-6(10)5(12-7)4-2-1-3-11-4/h1-3,5H,(H2,8,9,10). The first-order chi connectivity index (χ1) is 5.77. The highest BCUT2D eigenvalue weighted by molar-refractivity contribution is 5.98. The molecule has 2 rings (SSSR count). The molecule has 0 radical (unpaired) electrons. The minimum atomic E-state index is -0.792. The molecule has 0 spiro atoms. The Kier molecular flexibility index (Phi) is 1.36. The van der Waals surface area contributed by atoms with Crippen molar-refractivity contribution >= 4 is 11.9 Å². The van der Waals surface area contributed by atoms with E-state index in [4.69, 9.17) is 14.9 Å². The van der Waals surface area contributed by atoms with Gasteiger partial charge < -0.3 is 14.9 Å². The monoisotopic (exact) mass is 166 g/mol. The second-order valence-corrected chi connectivity index (χ2v) is 2.30. The molecule has 5 nitrogen and oxygen atoms in total. The highest BCUT2D eigenvalue weighted by Gasteiger charge is 2.31. The van der Waals surface area contributed by atoms with Crippen molar-refractivity contribution in [3.63, 3.8) is 0 Å². The van der Waals surface area contributed by atoms with Crippen molar-refractivity contribution in [2.75, 3.05) is 0 Å². The summed E-state index contributed by atoms with van der Waals surface area (Å²) in [5, 5.41) is 0. The van der Waals surface area contributed by atoms with Crippen LogP contribution in [0.15, 0.2) is 27.8 Å². The van der Waals surface area contributed by atoms with E-state index in [2.05, 4.69) is 4.99 Å². The number of nitrogens with two attached hydrogens (primary N) is 1. The minimum absolute atomic E-state index is 0.110. The number of ether oxygens (including phenoxy) is 1. The van der Waals surface area contributed by atoms with E-state index in [0.29, 0.717) is 5.76 Å². The second-order valence-electron chi connectivity index (χ2n) is 2.30. The fourth-order valence-corrected chi connectivity index (χ4v) is 0.985. The van der Waals surface area contributed by atoms with E-state index in [1.807, 2.05) is 0 Å². The van der Waals surface area contributed by atoms with E-state index < -0.39 is 12.0 Å². The average Bonchev–Trinajstić information content (AvgIpc) is 2.58. The number of aliphatic imine (C=N–C) groups is 1. The third kappa shape index (κ3) is 0.952. The van der Waals surface area contributed by atoms with Crippen molar-refractivity contribution in [1.82, 2.24) is 0 Å². The predicted molar refractivity (Wildman–Crippen MR) is 39.2 cm³/mol. The number of carbonyl (C=O) groups excluding carboxylic acids is 1. The molecule has 2 heterocycles. The zero-order valence-corrected chi connectivity index (χ0v) is 6.06. The van der Waals surface area contributed by atoms with Crippen molar-refractivity contribution in [3.05, 3.63) is 24.2 Å². The van der Waals surface area contributed by atoms with Gasteiger partial charge in [0.25, 0.3) is 11.9 Å². The largest absolute Gasteiger partial charge is 0.465 e. The molecule has 2 N–H and O–H groups in total. The van der Waals surface area contributed by atoms with Gasteiger partial charge in [0.1, 0.15) is 0 Å². The van der Waals surface area contributed by atoms with Gasteiger partial charge in [-0.3, -0.25) is 4.79 Å². The number of hydrogen-bond acceptors (Lipinski definition) is 4. The summed E-state index contributed by atoms with van der Waals surface area (Å²) in [7, 11) is 0. The summed E-state index contributed by atoms with van der Waals surface area (Å²) in [4.78, 5) is 14.4. The van der Waals surface area contributed by atoms with Gasteiger partial charge in [-0.05, 0) is 12.1 Å². The zero-order valence-electron chi connectivity index (χ0n) is 6.06. The molecule has 0 bridgehead atoms. The van der Waals surface area contributed by atoms with Gasteiger partial charge in [0.15, 0.2) is 5.76 Å². The molecule has 1 unspecified atom stereocenters. The number of rotatable bonds is 1. The first kappa shape index (κ1) is 6.90. The fraction of sp³-hybridized carbons (Fsp3) is 0.143. The molecule has 12 heavy (non-hydrogen) atoms. The highest BCUT2D eigenvalue weighted by atomic mass is 16.5. The Morgan fingerprint density at radius 1 is 1.58 bits per heavy atom. The van der Waals surface area contributed by atoms with Gasteiger partial charge in [-0.2, -0.15) is 4.99 Å². The van der Waals surface area contributed by atoms with Crippen molar-refractivity contribution in [1.29, 1.82) is 0 Å². The maximum Gasteiger partial charge on any atom is 0.299 e. The lowest BCUT2D eigenvalue weighted by atomic mass is 10.3. The molecule has 1 aromatic heterocycles. The van der Waals surface area contributed by atoms with Gasteiger partial charge in [0, 0.05) is 0 Å². The van der Waals surface area contributed by atoms with Crippen LogP contribution < -0.4 is 5.73 Å². The predicted octanol–water partition coefficient (Wildman–Crippen LogP) is 0.192. The number of furan rings is 1. The molecule has 1 aliphatic rings. The number of carbonyl (C=O) groups is 1. The van der Waals surface area contributed by atoms with Gasteiger partial charge >= 0.3 is 0 Å². The number of nitrogens with zero attached hydrogens (tertiary/aromatic N) is 1. The summed E-state index contributed by atoms with van der Waals surface area (Å²) in [5.41, 5.74) is 5.19. The summed E-state index contributed by atoms with van der Waals surface area (Å²) in [6.45, 7) is 0. The van der Waals surface area contributed by atoms with Gasteiger partial charge in [-0.25, -0.2) is 0 Å². The molecule has 0 saturated carbocycles. The minimum Gasteiger partial charge on any atom is -0.465 e. The number of hydrogen-bond donors (Lipinski definition) is 1. The van der Waals surface area contributed by atoms with Gasteiger partial charge in [0.05, 0.1) is 6.26 Å². The Morgan fingerprint density at radius 3 is 2.92 bits per heavy atom. The molecular weight excluding hydrogens is 160 g/mol. The maximum absolute atomic E-state index is 11.0. The molecule has 0 aromatic carbocycles. The van der Waals surface area contributed by atoms with Crippen LogP contribution in [-0.4, -0.2) is 11.9 Å². The second kappa shape index (κ2) is 2.37. The third-order valence-electron chi connectivity index (χ3n) is 1.48. The van der Waals surface area contributed by atoms with E-state index in [1.54, 1.807) is 12.1 Å². The van der Waals surface area contributed by atoms with Crippen LogP contribution in [0.1, 0.15) is 11.9 Å². The summed E-state index contributed by atoms with van der Waals surface area (Å²) in [5.74, 6) is -0.00773. The van der Waals surface area contributed by atoms with Crippen molar-refractivity contribution < 1.29 is 13.9 Å². The Balaban J connectivity index is 2.25.